The first-order chi connectivity index (χ1) is 10.5. The average molecular weight is 322 g/mol. The molecule has 23 heavy (non-hydrogen) atoms. The van der Waals surface area contributed by atoms with Crippen LogP contribution in [0.2, 0.25) is 19.0 Å². The topological polar surface area (TPSA) is 18.0 Å². The van der Waals surface area contributed by atoms with E-state index in [1.807, 2.05) is 0 Å². The molecule has 4 heteroatoms. The van der Waals surface area contributed by atoms with Crippen LogP contribution in [0.4, 0.5) is 0 Å². The van der Waals surface area contributed by atoms with Crippen LogP contribution in [0.3, 0.4) is 0 Å². The molecule has 1 aromatic rings. The molecule has 3 nitrogen and oxygen atoms in total. The lowest BCUT2D eigenvalue weighted by Gasteiger charge is -2.46. The molecule has 134 valence electrons. The molecule has 0 fully saturated rings. The highest BCUT2D eigenvalue weighted by molar-refractivity contribution is 6.73. The van der Waals surface area contributed by atoms with Crippen LogP contribution in [-0.2, 0) is 16.7 Å². The fourth-order valence-electron chi connectivity index (χ4n) is 3.11. The van der Waals surface area contributed by atoms with E-state index in [4.69, 9.17) is 4.65 Å². The molecule has 1 aromatic heterocycles. The third-order valence-corrected chi connectivity index (χ3v) is 5.49. The van der Waals surface area contributed by atoms with Crippen LogP contribution in [0, 0.1) is 5.41 Å². The fourth-order valence-corrected chi connectivity index (χ4v) is 3.11. The Kier molecular flexibility index (Phi) is 6.54. The molecule has 1 unspecified atom stereocenters. The molecule has 0 spiro atoms. The number of aromatic nitrogens is 2. The molecule has 1 heterocycles. The Morgan fingerprint density at radius 2 is 1.52 bits per heavy atom. The lowest BCUT2D eigenvalue weighted by molar-refractivity contribution is -0.704. The van der Waals surface area contributed by atoms with E-state index in [-0.39, 0.29) is 17.1 Å². The quantitative estimate of drug-likeness (QED) is 0.512. The standard InChI is InChI=1S/C19H39BN2O/c1-10-20(11-2,12-3)23-17(18(4,5)6)15-21-13-14-22(16-21)19(7,8)9/h13-14,16-17H,10-12,15H2,1-9H3. The van der Waals surface area contributed by atoms with E-state index in [1.165, 1.54) is 0 Å². The van der Waals surface area contributed by atoms with Crippen LogP contribution < -0.4 is 4.57 Å². The summed E-state index contributed by atoms with van der Waals surface area (Å²) in [4.78, 5) is 0. The maximum atomic E-state index is 6.78. The van der Waals surface area contributed by atoms with Gasteiger partial charge in [0.1, 0.15) is 30.8 Å². The molecule has 0 saturated carbocycles. The minimum atomic E-state index is -0.715. The molecule has 0 aromatic carbocycles. The molecule has 0 bridgehead atoms. The van der Waals surface area contributed by atoms with Crippen molar-refractivity contribution < 1.29 is 9.22 Å². The lowest BCUT2D eigenvalue weighted by Crippen LogP contribution is -2.51. The van der Waals surface area contributed by atoms with Crippen molar-refractivity contribution in [1.29, 1.82) is 0 Å². The predicted octanol–water partition coefficient (Wildman–Crippen LogP) is 4.97. The Morgan fingerprint density at radius 3 is 1.87 bits per heavy atom. The van der Waals surface area contributed by atoms with Crippen LogP contribution in [-0.4, -0.2) is 17.0 Å². The Morgan fingerprint density at radius 1 is 1.00 bits per heavy atom. The summed E-state index contributed by atoms with van der Waals surface area (Å²) in [5, 5.41) is 0. The van der Waals surface area contributed by atoms with Crippen molar-refractivity contribution in [3.63, 3.8) is 0 Å². The Balaban J connectivity index is 2.98. The normalized spacial score (nSPS) is 15.0. The monoisotopic (exact) mass is 322 g/mol. The molecule has 0 radical (unpaired) electrons. The van der Waals surface area contributed by atoms with Gasteiger partial charge in [-0.15, -0.1) is 0 Å². The van der Waals surface area contributed by atoms with Gasteiger partial charge in [0.05, 0.1) is 6.10 Å². The second-order valence-electron chi connectivity index (χ2n) is 9.27. The summed E-state index contributed by atoms with van der Waals surface area (Å²) in [5.41, 5.74) is 0.247. The molecule has 1 rings (SSSR count). The van der Waals surface area contributed by atoms with E-state index in [1.54, 1.807) is 0 Å². The number of nitrogens with zero attached hydrogens (tertiary/aromatic N) is 2. The van der Waals surface area contributed by atoms with Gasteiger partial charge < -0.3 is 4.65 Å². The third-order valence-electron chi connectivity index (χ3n) is 5.49. The molecule has 0 amide bonds. The van der Waals surface area contributed by atoms with Gasteiger partial charge in [-0.3, -0.25) is 0 Å². The summed E-state index contributed by atoms with van der Waals surface area (Å²) in [6.45, 7) is 21.3. The molecule has 1 atom stereocenters. The highest BCUT2D eigenvalue weighted by Crippen LogP contribution is 2.31. The van der Waals surface area contributed by atoms with Crippen molar-refractivity contribution in [2.45, 2.75) is 99.5 Å². The first-order valence-electron chi connectivity index (χ1n) is 9.42. The van der Waals surface area contributed by atoms with Gasteiger partial charge in [0.15, 0.2) is 0 Å². The van der Waals surface area contributed by atoms with Crippen LogP contribution in [0.5, 0.6) is 0 Å². The average Bonchev–Trinajstić information content (AvgIpc) is 2.91. The summed E-state index contributed by atoms with van der Waals surface area (Å²) in [7, 11) is 0. The van der Waals surface area contributed by atoms with Crippen molar-refractivity contribution in [2.24, 2.45) is 5.41 Å². The smallest absolute Gasteiger partial charge is 0.244 e. The predicted molar refractivity (Wildman–Crippen MR) is 101 cm³/mol. The lowest BCUT2D eigenvalue weighted by atomic mass is 9.34. The largest absolute Gasteiger partial charge is 0.585 e. The Labute approximate surface area is 144 Å². The van der Waals surface area contributed by atoms with Crippen molar-refractivity contribution in [2.75, 3.05) is 0 Å². The Bertz CT molecular complexity index is 470. The van der Waals surface area contributed by atoms with Crippen LogP contribution in [0.15, 0.2) is 18.7 Å². The van der Waals surface area contributed by atoms with E-state index in [9.17, 15) is 0 Å². The van der Waals surface area contributed by atoms with Crippen LogP contribution in [0.25, 0.3) is 0 Å². The molecule has 0 aliphatic carbocycles. The first-order valence-corrected chi connectivity index (χ1v) is 9.42. The molecular formula is C19H39BN2O. The van der Waals surface area contributed by atoms with E-state index in [2.05, 4.69) is 90.2 Å². The van der Waals surface area contributed by atoms with Gasteiger partial charge in [-0.05, 0) is 26.2 Å². The summed E-state index contributed by atoms with van der Waals surface area (Å²) >= 11 is 0. The first kappa shape index (κ1) is 20.3. The van der Waals surface area contributed by atoms with E-state index in [0.29, 0.717) is 0 Å². The van der Waals surface area contributed by atoms with Gasteiger partial charge in [-0.2, -0.15) is 19.0 Å². The highest BCUT2D eigenvalue weighted by Gasteiger charge is 2.32. The minimum Gasteiger partial charge on any atom is -0.585 e. The van der Waals surface area contributed by atoms with E-state index in [0.717, 1.165) is 25.5 Å². The van der Waals surface area contributed by atoms with Crippen molar-refractivity contribution in [3.8, 4) is 0 Å². The van der Waals surface area contributed by atoms with Crippen molar-refractivity contribution >= 4 is 6.35 Å². The second-order valence-corrected chi connectivity index (χ2v) is 9.27. The molecule has 0 N–H and O–H groups in total. The fraction of sp³-hybridized carbons (Fsp3) is 0.842. The SMILES string of the molecule is CC[B-](CC)(CC)OC(C[n+]1ccn(C(C)(C)C)c1)C(C)(C)C. The summed E-state index contributed by atoms with van der Waals surface area (Å²) in [6.07, 6.45) is 9.45. The number of imidazole rings is 1. The number of rotatable bonds is 7. The van der Waals surface area contributed by atoms with Gasteiger partial charge >= 0.3 is 0 Å². The summed E-state index contributed by atoms with van der Waals surface area (Å²) < 4.78 is 11.3. The summed E-state index contributed by atoms with van der Waals surface area (Å²) in [5.74, 6) is 0. The molecule has 0 aliphatic rings. The maximum absolute atomic E-state index is 6.78. The Hall–Kier alpha value is -0.765. The minimum absolute atomic E-state index is 0.118. The van der Waals surface area contributed by atoms with E-state index < -0.39 is 6.35 Å². The number of hydrogen-bond donors (Lipinski definition) is 0. The third kappa shape index (κ3) is 5.37. The zero-order chi connectivity index (χ0) is 17.9. The zero-order valence-electron chi connectivity index (χ0n) is 17.0. The van der Waals surface area contributed by atoms with Gasteiger partial charge in [0.2, 0.25) is 6.33 Å². The second kappa shape index (κ2) is 7.42. The van der Waals surface area contributed by atoms with Crippen LogP contribution in [0.1, 0.15) is 62.3 Å². The molecular weight excluding hydrogens is 283 g/mol. The zero-order valence-corrected chi connectivity index (χ0v) is 17.0. The summed E-state index contributed by atoms with van der Waals surface area (Å²) in [6, 6.07) is 0. The van der Waals surface area contributed by atoms with E-state index >= 15 is 0 Å². The van der Waals surface area contributed by atoms with Crippen molar-refractivity contribution in [1.82, 2.24) is 4.57 Å². The van der Waals surface area contributed by atoms with Crippen molar-refractivity contribution in [3.05, 3.63) is 18.7 Å². The van der Waals surface area contributed by atoms with Gasteiger partial charge in [0.25, 0.3) is 0 Å². The van der Waals surface area contributed by atoms with Crippen LogP contribution >= 0.6 is 0 Å². The highest BCUT2D eigenvalue weighted by atomic mass is 16.5. The molecule has 0 aliphatic heterocycles. The van der Waals surface area contributed by atoms with Gasteiger partial charge in [-0.1, -0.05) is 41.5 Å². The maximum Gasteiger partial charge on any atom is 0.244 e. The number of hydrogen-bond acceptors (Lipinski definition) is 1. The van der Waals surface area contributed by atoms with Gasteiger partial charge in [-0.25, -0.2) is 9.13 Å². The van der Waals surface area contributed by atoms with Gasteiger partial charge in [0, 0.05) is 0 Å². The molecule has 0 saturated heterocycles.